The molecule has 1 aliphatic carbocycles. The van der Waals surface area contributed by atoms with Crippen molar-refractivity contribution < 1.29 is 18.3 Å². The molecule has 0 heterocycles. The van der Waals surface area contributed by atoms with Crippen molar-refractivity contribution in [3.63, 3.8) is 0 Å². The molecular formula is C15H23NO4S. The predicted molar refractivity (Wildman–Crippen MR) is 80.7 cm³/mol. The zero-order valence-electron chi connectivity index (χ0n) is 12.3. The number of ether oxygens (including phenoxy) is 1. The normalized spacial score (nSPS) is 16.9. The number of benzene rings is 1. The summed E-state index contributed by atoms with van der Waals surface area (Å²) in [4.78, 5) is 0.123. The van der Waals surface area contributed by atoms with Crippen LogP contribution in [0.3, 0.4) is 0 Å². The van der Waals surface area contributed by atoms with Crippen LogP contribution in [0, 0.1) is 5.92 Å². The fraction of sp³-hybridized carbons (Fsp3) is 0.600. The zero-order chi connectivity index (χ0) is 15.3. The highest BCUT2D eigenvalue weighted by Gasteiger charge is 2.22. The molecule has 0 spiro atoms. The second-order valence-corrected chi connectivity index (χ2v) is 7.23. The Bertz CT molecular complexity index is 565. The highest BCUT2D eigenvalue weighted by molar-refractivity contribution is 7.89. The van der Waals surface area contributed by atoms with Crippen molar-refractivity contribution in [3.05, 3.63) is 23.8 Å². The topological polar surface area (TPSA) is 75.6 Å². The van der Waals surface area contributed by atoms with Crippen LogP contribution in [0.25, 0.3) is 0 Å². The van der Waals surface area contributed by atoms with Gasteiger partial charge in [0.05, 0.1) is 13.7 Å². The van der Waals surface area contributed by atoms with Crippen LogP contribution in [0.2, 0.25) is 0 Å². The first kappa shape index (κ1) is 16.3. The van der Waals surface area contributed by atoms with Gasteiger partial charge in [0.15, 0.2) is 0 Å². The van der Waals surface area contributed by atoms with Crippen molar-refractivity contribution in [3.8, 4) is 5.75 Å². The molecule has 1 aromatic rings. The molecule has 0 atom stereocenters. The van der Waals surface area contributed by atoms with Gasteiger partial charge in [-0.3, -0.25) is 0 Å². The van der Waals surface area contributed by atoms with Gasteiger partial charge >= 0.3 is 0 Å². The monoisotopic (exact) mass is 313 g/mol. The standard InChI is InChI=1S/C15H23NO4S/c1-20-14-9-13(11-17)7-8-15(14)21(18,19)16-10-12-5-3-2-4-6-12/h7-9,12,16-17H,2-6,10-11H2,1H3. The number of aliphatic hydroxyl groups excluding tert-OH is 1. The third-order valence-electron chi connectivity index (χ3n) is 3.99. The van der Waals surface area contributed by atoms with Gasteiger partial charge in [-0.05, 0) is 36.5 Å². The summed E-state index contributed by atoms with van der Waals surface area (Å²) >= 11 is 0. The maximum absolute atomic E-state index is 12.4. The van der Waals surface area contributed by atoms with Crippen LogP contribution in [-0.2, 0) is 16.6 Å². The lowest BCUT2D eigenvalue weighted by Crippen LogP contribution is -2.30. The van der Waals surface area contributed by atoms with E-state index in [1.165, 1.54) is 32.4 Å². The first-order chi connectivity index (χ1) is 10.1. The van der Waals surface area contributed by atoms with Gasteiger partial charge in [0.1, 0.15) is 10.6 Å². The lowest BCUT2D eigenvalue weighted by atomic mass is 9.90. The highest BCUT2D eigenvalue weighted by Crippen LogP contribution is 2.26. The summed E-state index contributed by atoms with van der Waals surface area (Å²) in [7, 11) is -2.16. The van der Waals surface area contributed by atoms with Crippen LogP contribution in [0.15, 0.2) is 23.1 Å². The van der Waals surface area contributed by atoms with Crippen molar-refractivity contribution in [2.24, 2.45) is 5.92 Å². The summed E-state index contributed by atoms with van der Waals surface area (Å²) in [6, 6.07) is 4.63. The molecule has 2 N–H and O–H groups in total. The molecule has 21 heavy (non-hydrogen) atoms. The molecule has 5 nitrogen and oxygen atoms in total. The molecule has 0 aromatic heterocycles. The molecule has 1 saturated carbocycles. The molecule has 2 rings (SSSR count). The number of sulfonamides is 1. The smallest absolute Gasteiger partial charge is 0.244 e. The van der Waals surface area contributed by atoms with E-state index < -0.39 is 10.0 Å². The first-order valence-electron chi connectivity index (χ1n) is 7.34. The third kappa shape index (κ3) is 4.18. The fourth-order valence-corrected chi connectivity index (χ4v) is 3.99. The molecule has 0 saturated heterocycles. The maximum Gasteiger partial charge on any atom is 0.244 e. The van der Waals surface area contributed by atoms with E-state index in [4.69, 9.17) is 9.84 Å². The molecule has 6 heteroatoms. The minimum atomic E-state index is -3.58. The van der Waals surface area contributed by atoms with Crippen LogP contribution in [0.5, 0.6) is 5.75 Å². The zero-order valence-corrected chi connectivity index (χ0v) is 13.2. The SMILES string of the molecule is COc1cc(CO)ccc1S(=O)(=O)NCC1CCCCC1. The quantitative estimate of drug-likeness (QED) is 0.843. The van der Waals surface area contributed by atoms with Gasteiger partial charge in [-0.1, -0.05) is 25.3 Å². The minimum Gasteiger partial charge on any atom is -0.495 e. The van der Waals surface area contributed by atoms with Gasteiger partial charge in [-0.15, -0.1) is 0 Å². The Balaban J connectivity index is 2.11. The summed E-state index contributed by atoms with van der Waals surface area (Å²) in [5.41, 5.74) is 0.623. The lowest BCUT2D eigenvalue weighted by molar-refractivity contribution is 0.280. The summed E-state index contributed by atoms with van der Waals surface area (Å²) in [6.45, 7) is 0.333. The summed E-state index contributed by atoms with van der Waals surface area (Å²) in [5.74, 6) is 0.689. The third-order valence-corrected chi connectivity index (χ3v) is 5.45. The predicted octanol–water partition coefficient (Wildman–Crippen LogP) is 2.05. The summed E-state index contributed by atoms with van der Waals surface area (Å²) in [6.07, 6.45) is 5.79. The van der Waals surface area contributed by atoms with E-state index in [0.29, 0.717) is 18.0 Å². The van der Waals surface area contributed by atoms with E-state index >= 15 is 0 Å². The molecule has 118 valence electrons. The maximum atomic E-state index is 12.4. The van der Waals surface area contributed by atoms with E-state index in [2.05, 4.69) is 4.72 Å². The van der Waals surface area contributed by atoms with Gasteiger partial charge in [0.25, 0.3) is 0 Å². The van der Waals surface area contributed by atoms with Gasteiger partial charge in [-0.25, -0.2) is 13.1 Å². The largest absolute Gasteiger partial charge is 0.495 e. The van der Waals surface area contributed by atoms with E-state index in [1.807, 2.05) is 0 Å². The Morgan fingerprint density at radius 1 is 1.29 bits per heavy atom. The Hall–Kier alpha value is -1.11. The first-order valence-corrected chi connectivity index (χ1v) is 8.82. The fourth-order valence-electron chi connectivity index (χ4n) is 2.73. The number of rotatable bonds is 6. The summed E-state index contributed by atoms with van der Waals surface area (Å²) < 4.78 is 32.6. The molecule has 1 aromatic carbocycles. The van der Waals surface area contributed by atoms with Crippen molar-refractivity contribution in [1.82, 2.24) is 4.72 Å². The van der Waals surface area contributed by atoms with E-state index in [-0.39, 0.29) is 17.3 Å². The molecule has 1 fully saturated rings. The number of nitrogens with one attached hydrogen (secondary N) is 1. The number of aliphatic hydroxyl groups is 1. The number of hydrogen-bond donors (Lipinski definition) is 2. The van der Waals surface area contributed by atoms with Crippen LogP contribution >= 0.6 is 0 Å². The Labute approximate surface area is 126 Å². The number of methoxy groups -OCH3 is 1. The molecule has 0 bridgehead atoms. The molecular weight excluding hydrogens is 290 g/mol. The van der Waals surface area contributed by atoms with Crippen LogP contribution in [0.4, 0.5) is 0 Å². The Morgan fingerprint density at radius 3 is 2.62 bits per heavy atom. The van der Waals surface area contributed by atoms with E-state index in [0.717, 1.165) is 12.8 Å². The average molecular weight is 313 g/mol. The van der Waals surface area contributed by atoms with Gasteiger partial charge in [-0.2, -0.15) is 0 Å². The van der Waals surface area contributed by atoms with Crippen LogP contribution < -0.4 is 9.46 Å². The second kappa shape index (κ2) is 7.24. The van der Waals surface area contributed by atoms with Crippen molar-refractivity contribution in [1.29, 1.82) is 0 Å². The Morgan fingerprint density at radius 2 is 2.00 bits per heavy atom. The van der Waals surface area contributed by atoms with Crippen molar-refractivity contribution in [2.45, 2.75) is 43.6 Å². The number of hydrogen-bond acceptors (Lipinski definition) is 4. The molecule has 0 unspecified atom stereocenters. The molecule has 0 radical (unpaired) electrons. The van der Waals surface area contributed by atoms with Crippen molar-refractivity contribution in [2.75, 3.05) is 13.7 Å². The van der Waals surface area contributed by atoms with Crippen molar-refractivity contribution >= 4 is 10.0 Å². The van der Waals surface area contributed by atoms with Gasteiger partial charge < -0.3 is 9.84 Å². The van der Waals surface area contributed by atoms with Gasteiger partial charge in [0.2, 0.25) is 10.0 Å². The van der Waals surface area contributed by atoms with Gasteiger partial charge in [0, 0.05) is 6.54 Å². The lowest BCUT2D eigenvalue weighted by Gasteiger charge is -2.22. The second-order valence-electron chi connectivity index (χ2n) is 5.50. The minimum absolute atomic E-state index is 0.123. The average Bonchev–Trinajstić information content (AvgIpc) is 2.53. The highest BCUT2D eigenvalue weighted by atomic mass is 32.2. The summed E-state index contributed by atoms with van der Waals surface area (Å²) in [5, 5.41) is 9.10. The van der Waals surface area contributed by atoms with E-state index in [1.54, 1.807) is 12.1 Å². The molecule has 1 aliphatic rings. The molecule has 0 aliphatic heterocycles. The molecule has 0 amide bonds. The van der Waals surface area contributed by atoms with E-state index in [9.17, 15) is 8.42 Å². The van der Waals surface area contributed by atoms with Crippen LogP contribution in [-0.4, -0.2) is 27.2 Å². The Kier molecular flexibility index (Phi) is 5.61. The van der Waals surface area contributed by atoms with Crippen LogP contribution in [0.1, 0.15) is 37.7 Å².